The first-order valence-corrected chi connectivity index (χ1v) is 7.94. The van der Waals surface area contributed by atoms with Crippen LogP contribution in [-0.4, -0.2) is 33.0 Å². The van der Waals surface area contributed by atoms with Crippen LogP contribution in [0.5, 0.6) is 5.75 Å². The molecule has 3 N–H and O–H groups in total. The van der Waals surface area contributed by atoms with E-state index < -0.39 is 14.9 Å². The molecule has 1 fully saturated rings. The molecule has 0 aromatic heterocycles. The Morgan fingerprint density at radius 3 is 2.67 bits per heavy atom. The summed E-state index contributed by atoms with van der Waals surface area (Å²) in [6.07, 6.45) is 1.40. The third-order valence-corrected chi connectivity index (χ3v) is 4.94. The number of benzene rings is 1. The number of hydrogen-bond donors (Lipinski definition) is 2. The summed E-state index contributed by atoms with van der Waals surface area (Å²) in [4.78, 5) is 10.3. The minimum atomic E-state index is -3.73. The SMILES string of the molecule is CNS(=O)(=O)c1ccc(OC2CC(CN)C2)c([N+](=O)[O-])c1. The van der Waals surface area contributed by atoms with Crippen LogP contribution in [0.3, 0.4) is 0 Å². The second-order valence-electron chi connectivity index (χ2n) is 4.91. The van der Waals surface area contributed by atoms with Crippen molar-refractivity contribution in [3.05, 3.63) is 28.3 Å². The number of nitrogens with zero attached hydrogens (tertiary/aromatic N) is 1. The molecule has 0 bridgehead atoms. The summed E-state index contributed by atoms with van der Waals surface area (Å²) in [5.41, 5.74) is 5.15. The molecule has 0 heterocycles. The van der Waals surface area contributed by atoms with Crippen molar-refractivity contribution < 1.29 is 18.1 Å². The first kappa shape index (κ1) is 15.7. The summed E-state index contributed by atoms with van der Waals surface area (Å²) >= 11 is 0. The van der Waals surface area contributed by atoms with Crippen LogP contribution in [0.2, 0.25) is 0 Å². The van der Waals surface area contributed by atoms with E-state index in [-0.39, 0.29) is 22.4 Å². The fraction of sp³-hybridized carbons (Fsp3) is 0.500. The number of nitrogens with one attached hydrogen (secondary N) is 1. The molecule has 8 nitrogen and oxygen atoms in total. The molecular formula is C12H17N3O5S. The van der Waals surface area contributed by atoms with Crippen LogP contribution in [0.4, 0.5) is 5.69 Å². The molecule has 0 radical (unpaired) electrons. The summed E-state index contributed by atoms with van der Waals surface area (Å²) < 4.78 is 31.0. The van der Waals surface area contributed by atoms with Gasteiger partial charge in [-0.25, -0.2) is 13.1 Å². The fourth-order valence-corrected chi connectivity index (χ4v) is 2.92. The highest BCUT2D eigenvalue weighted by Crippen LogP contribution is 2.35. The number of sulfonamides is 1. The molecular weight excluding hydrogens is 298 g/mol. The average molecular weight is 315 g/mol. The van der Waals surface area contributed by atoms with Gasteiger partial charge in [0.1, 0.15) is 0 Å². The Hall–Kier alpha value is -1.71. The Morgan fingerprint density at radius 1 is 1.48 bits per heavy atom. The number of rotatable bonds is 6. The van der Waals surface area contributed by atoms with Crippen LogP contribution < -0.4 is 15.2 Å². The molecule has 1 aliphatic carbocycles. The van der Waals surface area contributed by atoms with E-state index in [1.165, 1.54) is 19.2 Å². The van der Waals surface area contributed by atoms with Gasteiger partial charge in [-0.1, -0.05) is 0 Å². The third-order valence-electron chi connectivity index (χ3n) is 3.53. The van der Waals surface area contributed by atoms with Crippen molar-refractivity contribution in [1.82, 2.24) is 4.72 Å². The van der Waals surface area contributed by atoms with Crippen molar-refractivity contribution in [2.45, 2.75) is 23.8 Å². The molecule has 9 heteroatoms. The van der Waals surface area contributed by atoms with Gasteiger partial charge in [0.15, 0.2) is 5.75 Å². The molecule has 116 valence electrons. The summed E-state index contributed by atoms with van der Waals surface area (Å²) in [6, 6.07) is 3.60. The van der Waals surface area contributed by atoms with Crippen LogP contribution >= 0.6 is 0 Å². The van der Waals surface area contributed by atoms with Crippen LogP contribution in [-0.2, 0) is 10.0 Å². The predicted octanol–water partition coefficient (Wildman–Crippen LogP) is 0.619. The van der Waals surface area contributed by atoms with Crippen molar-refractivity contribution in [3.63, 3.8) is 0 Å². The van der Waals surface area contributed by atoms with E-state index in [2.05, 4.69) is 4.72 Å². The van der Waals surface area contributed by atoms with Gasteiger partial charge in [0, 0.05) is 6.07 Å². The van der Waals surface area contributed by atoms with Gasteiger partial charge < -0.3 is 10.5 Å². The number of nitrogens with two attached hydrogens (primary N) is 1. The summed E-state index contributed by atoms with van der Waals surface area (Å²) in [7, 11) is -2.49. The minimum absolute atomic E-state index is 0.0792. The van der Waals surface area contributed by atoms with Gasteiger partial charge in [-0.3, -0.25) is 10.1 Å². The van der Waals surface area contributed by atoms with Crippen LogP contribution in [0, 0.1) is 16.0 Å². The zero-order valence-electron chi connectivity index (χ0n) is 11.5. The molecule has 1 aromatic carbocycles. The fourth-order valence-electron chi connectivity index (χ4n) is 2.17. The standard InChI is InChI=1S/C12H17N3O5S/c1-14-21(18,19)10-2-3-12(11(6-10)15(16)17)20-9-4-8(5-9)7-13/h2-3,6,8-9,14H,4-5,7,13H2,1H3. The van der Waals surface area contributed by atoms with E-state index in [4.69, 9.17) is 10.5 Å². The zero-order chi connectivity index (χ0) is 15.6. The van der Waals surface area contributed by atoms with Crippen molar-refractivity contribution >= 4 is 15.7 Å². The molecule has 0 aliphatic heterocycles. The molecule has 21 heavy (non-hydrogen) atoms. The van der Waals surface area contributed by atoms with Gasteiger partial charge in [-0.05, 0) is 44.5 Å². The Balaban J connectivity index is 2.24. The lowest BCUT2D eigenvalue weighted by atomic mass is 9.82. The van der Waals surface area contributed by atoms with Crippen molar-refractivity contribution in [3.8, 4) is 5.75 Å². The lowest BCUT2D eigenvalue weighted by Crippen LogP contribution is -2.37. The van der Waals surface area contributed by atoms with Crippen molar-refractivity contribution in [2.24, 2.45) is 11.7 Å². The molecule has 0 atom stereocenters. The number of nitro groups is 1. The second kappa shape index (κ2) is 5.96. The van der Waals surface area contributed by atoms with E-state index >= 15 is 0 Å². The van der Waals surface area contributed by atoms with E-state index in [0.717, 1.165) is 18.9 Å². The van der Waals surface area contributed by atoms with E-state index in [9.17, 15) is 18.5 Å². The highest BCUT2D eigenvalue weighted by Gasteiger charge is 2.32. The summed E-state index contributed by atoms with van der Waals surface area (Å²) in [6.45, 7) is 0.571. The Kier molecular flexibility index (Phi) is 4.45. The first-order valence-electron chi connectivity index (χ1n) is 6.46. The number of ether oxygens (including phenoxy) is 1. The normalized spacial score (nSPS) is 21.6. The number of nitro benzene ring substituents is 1. The monoisotopic (exact) mass is 315 g/mol. The maximum absolute atomic E-state index is 11.7. The molecule has 1 aromatic rings. The maximum atomic E-state index is 11.7. The second-order valence-corrected chi connectivity index (χ2v) is 6.79. The third kappa shape index (κ3) is 3.31. The summed E-state index contributed by atoms with van der Waals surface area (Å²) in [5.74, 6) is 0.466. The lowest BCUT2D eigenvalue weighted by Gasteiger charge is -2.34. The highest BCUT2D eigenvalue weighted by atomic mass is 32.2. The van der Waals surface area contributed by atoms with Gasteiger partial charge in [0.2, 0.25) is 10.0 Å². The van der Waals surface area contributed by atoms with Gasteiger partial charge >= 0.3 is 5.69 Å². The average Bonchev–Trinajstić information content (AvgIpc) is 2.42. The molecule has 0 unspecified atom stereocenters. The predicted molar refractivity (Wildman–Crippen MR) is 75.5 cm³/mol. The largest absolute Gasteiger partial charge is 0.483 e. The highest BCUT2D eigenvalue weighted by molar-refractivity contribution is 7.89. The Morgan fingerprint density at radius 2 is 2.14 bits per heavy atom. The lowest BCUT2D eigenvalue weighted by molar-refractivity contribution is -0.386. The topological polar surface area (TPSA) is 125 Å². The summed E-state index contributed by atoms with van der Waals surface area (Å²) in [5, 5.41) is 11.1. The first-order chi connectivity index (χ1) is 9.87. The quantitative estimate of drug-likeness (QED) is 0.585. The molecule has 1 saturated carbocycles. The van der Waals surface area contributed by atoms with Crippen LogP contribution in [0.15, 0.2) is 23.1 Å². The Labute approximate surface area is 122 Å². The van der Waals surface area contributed by atoms with Crippen molar-refractivity contribution in [1.29, 1.82) is 0 Å². The Bertz CT molecular complexity index is 640. The minimum Gasteiger partial charge on any atom is -0.483 e. The number of hydrogen-bond acceptors (Lipinski definition) is 6. The molecule has 0 amide bonds. The van der Waals surface area contributed by atoms with Gasteiger partial charge in [-0.15, -0.1) is 0 Å². The molecule has 0 saturated heterocycles. The van der Waals surface area contributed by atoms with E-state index in [0.29, 0.717) is 12.5 Å². The zero-order valence-corrected chi connectivity index (χ0v) is 12.3. The van der Waals surface area contributed by atoms with Crippen LogP contribution in [0.1, 0.15) is 12.8 Å². The smallest absolute Gasteiger partial charge is 0.312 e. The van der Waals surface area contributed by atoms with Gasteiger partial charge in [-0.2, -0.15) is 0 Å². The van der Waals surface area contributed by atoms with Gasteiger partial charge in [0.05, 0.1) is 15.9 Å². The van der Waals surface area contributed by atoms with Gasteiger partial charge in [0.25, 0.3) is 0 Å². The van der Waals surface area contributed by atoms with E-state index in [1.807, 2.05) is 0 Å². The molecule has 0 spiro atoms. The molecule has 2 rings (SSSR count). The molecule has 1 aliphatic rings. The van der Waals surface area contributed by atoms with E-state index in [1.54, 1.807) is 0 Å². The maximum Gasteiger partial charge on any atom is 0.312 e. The van der Waals surface area contributed by atoms with Crippen molar-refractivity contribution in [2.75, 3.05) is 13.6 Å². The van der Waals surface area contributed by atoms with Crippen LogP contribution in [0.25, 0.3) is 0 Å².